The van der Waals surface area contributed by atoms with Gasteiger partial charge >= 0.3 is 0 Å². The van der Waals surface area contributed by atoms with Crippen molar-refractivity contribution in [3.63, 3.8) is 0 Å². The Hall–Kier alpha value is -2.49. The molecule has 4 heteroatoms. The first-order valence-corrected chi connectivity index (χ1v) is 9.30. The number of hydrogen-bond donors (Lipinski definition) is 1. The van der Waals surface area contributed by atoms with Crippen LogP contribution in [-0.4, -0.2) is 19.6 Å². The predicted octanol–water partition coefficient (Wildman–Crippen LogP) is 3.76. The highest BCUT2D eigenvalue weighted by molar-refractivity contribution is 5.80. The first kappa shape index (κ1) is 17.0. The second-order valence-electron chi connectivity index (χ2n) is 7.46. The smallest absolute Gasteiger partial charge is 0.227 e. The van der Waals surface area contributed by atoms with E-state index < -0.39 is 0 Å². The maximum absolute atomic E-state index is 12.9. The molecule has 2 aromatic rings. The number of methoxy groups -OCH3 is 1. The van der Waals surface area contributed by atoms with Crippen LogP contribution in [0.25, 0.3) is 0 Å². The van der Waals surface area contributed by atoms with Crippen LogP contribution in [0.3, 0.4) is 0 Å². The zero-order chi connectivity index (χ0) is 18.1. The number of fused-ring (bicyclic) bond motifs is 1. The van der Waals surface area contributed by atoms with Crippen molar-refractivity contribution >= 4 is 5.91 Å². The van der Waals surface area contributed by atoms with Crippen molar-refractivity contribution in [3.05, 3.63) is 59.7 Å². The van der Waals surface area contributed by atoms with Crippen LogP contribution in [0.15, 0.2) is 48.5 Å². The molecule has 0 bridgehead atoms. The normalized spacial score (nSPS) is 24.8. The molecule has 1 amide bonds. The topological polar surface area (TPSA) is 47.6 Å². The monoisotopic (exact) mass is 351 g/mol. The molecule has 1 heterocycles. The van der Waals surface area contributed by atoms with E-state index in [2.05, 4.69) is 24.4 Å². The summed E-state index contributed by atoms with van der Waals surface area (Å²) < 4.78 is 11.1. The third-order valence-corrected chi connectivity index (χ3v) is 5.61. The van der Waals surface area contributed by atoms with Gasteiger partial charge < -0.3 is 14.8 Å². The Morgan fingerprint density at radius 3 is 2.69 bits per heavy atom. The largest absolute Gasteiger partial charge is 0.497 e. The lowest BCUT2D eigenvalue weighted by molar-refractivity contribution is -0.127. The summed E-state index contributed by atoms with van der Waals surface area (Å²) >= 11 is 0. The molecule has 1 aliphatic carbocycles. The molecule has 2 aromatic carbocycles. The van der Waals surface area contributed by atoms with Crippen LogP contribution < -0.4 is 14.8 Å². The standard InChI is InChI=1S/C22H25NO3/c1-14-10-19(14)21(15-6-4-3-5-7-15)23-22(24)17-11-16-8-9-18(25-2)12-20(16)26-13-17/h3-9,12,14,17,19,21H,10-11,13H2,1-2H3,(H,23,24). The average molecular weight is 351 g/mol. The maximum atomic E-state index is 12.9. The Morgan fingerprint density at radius 2 is 2.00 bits per heavy atom. The summed E-state index contributed by atoms with van der Waals surface area (Å²) in [6.07, 6.45) is 1.87. The van der Waals surface area contributed by atoms with E-state index in [9.17, 15) is 4.79 Å². The van der Waals surface area contributed by atoms with Crippen LogP contribution in [-0.2, 0) is 11.2 Å². The third kappa shape index (κ3) is 3.41. The summed E-state index contributed by atoms with van der Waals surface area (Å²) in [7, 11) is 1.64. The number of ether oxygens (including phenoxy) is 2. The van der Waals surface area contributed by atoms with Gasteiger partial charge in [0.2, 0.25) is 5.91 Å². The Balaban J connectivity index is 1.47. The van der Waals surface area contributed by atoms with Gasteiger partial charge in [0.05, 0.1) is 19.1 Å². The van der Waals surface area contributed by atoms with E-state index in [1.165, 1.54) is 12.0 Å². The first-order chi connectivity index (χ1) is 12.7. The van der Waals surface area contributed by atoms with Crippen molar-refractivity contribution in [2.24, 2.45) is 17.8 Å². The summed E-state index contributed by atoms with van der Waals surface area (Å²) in [5.41, 5.74) is 2.25. The van der Waals surface area contributed by atoms with Gasteiger partial charge in [0.1, 0.15) is 18.1 Å². The summed E-state index contributed by atoms with van der Waals surface area (Å²) in [4.78, 5) is 12.9. The minimum Gasteiger partial charge on any atom is -0.497 e. The SMILES string of the molecule is COc1ccc2c(c1)OCC(C(=O)NC(c1ccccc1)C1CC1C)C2. The highest BCUT2D eigenvalue weighted by Gasteiger charge is 2.41. The molecular formula is C22H25NO3. The molecule has 2 aliphatic rings. The van der Waals surface area contributed by atoms with Gasteiger partial charge in [-0.25, -0.2) is 0 Å². The van der Waals surface area contributed by atoms with Crippen LogP contribution >= 0.6 is 0 Å². The van der Waals surface area contributed by atoms with E-state index in [4.69, 9.17) is 9.47 Å². The van der Waals surface area contributed by atoms with Gasteiger partial charge in [-0.15, -0.1) is 0 Å². The molecule has 136 valence electrons. The quantitative estimate of drug-likeness (QED) is 0.892. The lowest BCUT2D eigenvalue weighted by atomic mass is 9.94. The second-order valence-corrected chi connectivity index (χ2v) is 7.46. The molecule has 0 spiro atoms. The number of hydrogen-bond acceptors (Lipinski definition) is 3. The Labute approximate surface area is 154 Å². The Kier molecular flexibility index (Phi) is 4.58. The van der Waals surface area contributed by atoms with Gasteiger partial charge in [0.25, 0.3) is 0 Å². The van der Waals surface area contributed by atoms with Crippen molar-refractivity contribution < 1.29 is 14.3 Å². The molecule has 1 N–H and O–H groups in total. The molecule has 4 nitrogen and oxygen atoms in total. The zero-order valence-corrected chi connectivity index (χ0v) is 15.3. The summed E-state index contributed by atoms with van der Waals surface area (Å²) in [5, 5.41) is 3.31. The molecule has 26 heavy (non-hydrogen) atoms. The summed E-state index contributed by atoms with van der Waals surface area (Å²) in [6, 6.07) is 16.2. The molecule has 4 unspecified atom stereocenters. The number of amides is 1. The summed E-state index contributed by atoms with van der Waals surface area (Å²) in [5.74, 6) is 2.72. The number of carbonyl (C=O) groups is 1. The second kappa shape index (κ2) is 7.02. The minimum atomic E-state index is -0.156. The Bertz CT molecular complexity index is 789. The molecule has 4 rings (SSSR count). The van der Waals surface area contributed by atoms with Crippen LogP contribution in [0.2, 0.25) is 0 Å². The molecular weight excluding hydrogens is 326 g/mol. The number of carbonyl (C=O) groups excluding carboxylic acids is 1. The van der Waals surface area contributed by atoms with Gasteiger partial charge in [-0.05, 0) is 41.9 Å². The van der Waals surface area contributed by atoms with Crippen LogP contribution in [0.5, 0.6) is 11.5 Å². The average Bonchev–Trinajstić information content (AvgIpc) is 3.41. The Morgan fingerprint density at radius 1 is 1.23 bits per heavy atom. The van der Waals surface area contributed by atoms with Crippen LogP contribution in [0.4, 0.5) is 0 Å². The maximum Gasteiger partial charge on any atom is 0.227 e. The minimum absolute atomic E-state index is 0.0828. The molecule has 4 atom stereocenters. The van der Waals surface area contributed by atoms with Gasteiger partial charge in [-0.2, -0.15) is 0 Å². The van der Waals surface area contributed by atoms with E-state index in [1.54, 1.807) is 7.11 Å². The molecule has 1 saturated carbocycles. The molecule has 0 aromatic heterocycles. The van der Waals surface area contributed by atoms with E-state index in [0.29, 0.717) is 24.9 Å². The highest BCUT2D eigenvalue weighted by Crippen LogP contribution is 2.47. The van der Waals surface area contributed by atoms with E-state index in [0.717, 1.165) is 17.1 Å². The third-order valence-electron chi connectivity index (χ3n) is 5.61. The van der Waals surface area contributed by atoms with E-state index >= 15 is 0 Å². The van der Waals surface area contributed by atoms with Gasteiger partial charge in [0.15, 0.2) is 0 Å². The van der Waals surface area contributed by atoms with E-state index in [1.807, 2.05) is 36.4 Å². The fraction of sp³-hybridized carbons (Fsp3) is 0.409. The lowest BCUT2D eigenvalue weighted by Gasteiger charge is -2.27. The van der Waals surface area contributed by atoms with Crippen LogP contribution in [0.1, 0.15) is 30.5 Å². The highest BCUT2D eigenvalue weighted by atomic mass is 16.5. The first-order valence-electron chi connectivity index (χ1n) is 9.30. The van der Waals surface area contributed by atoms with Crippen molar-refractivity contribution in [1.29, 1.82) is 0 Å². The van der Waals surface area contributed by atoms with Crippen LogP contribution in [0, 0.1) is 17.8 Å². The predicted molar refractivity (Wildman–Crippen MR) is 100 cm³/mol. The molecule has 0 saturated heterocycles. The van der Waals surface area contributed by atoms with E-state index in [-0.39, 0.29) is 17.9 Å². The number of rotatable bonds is 5. The van der Waals surface area contributed by atoms with Crippen molar-refractivity contribution in [2.45, 2.75) is 25.8 Å². The van der Waals surface area contributed by atoms with Gasteiger partial charge in [-0.3, -0.25) is 4.79 Å². The fourth-order valence-corrected chi connectivity index (χ4v) is 3.83. The van der Waals surface area contributed by atoms with Crippen molar-refractivity contribution in [2.75, 3.05) is 13.7 Å². The number of benzene rings is 2. The molecule has 1 fully saturated rings. The molecule has 0 radical (unpaired) electrons. The van der Waals surface area contributed by atoms with Gasteiger partial charge in [-0.1, -0.05) is 43.3 Å². The van der Waals surface area contributed by atoms with Crippen molar-refractivity contribution in [3.8, 4) is 11.5 Å². The van der Waals surface area contributed by atoms with Crippen molar-refractivity contribution in [1.82, 2.24) is 5.32 Å². The molecule has 1 aliphatic heterocycles. The zero-order valence-electron chi connectivity index (χ0n) is 15.3. The number of nitrogens with one attached hydrogen (secondary N) is 1. The fourth-order valence-electron chi connectivity index (χ4n) is 3.83. The summed E-state index contributed by atoms with van der Waals surface area (Å²) in [6.45, 7) is 2.66. The van der Waals surface area contributed by atoms with Gasteiger partial charge in [0, 0.05) is 6.07 Å². The lowest BCUT2D eigenvalue weighted by Crippen LogP contribution is -2.40.